The normalized spacial score (nSPS) is 10.7. The molecule has 0 saturated carbocycles. The fraction of sp³-hybridized carbons (Fsp3) is 0.875. The Morgan fingerprint density at radius 2 is 1.83 bits per heavy atom. The number of carbonyl (C=O) groups excluding carboxylic acids is 1. The molecule has 0 aliphatic heterocycles. The lowest BCUT2D eigenvalue weighted by atomic mass is 10.3. The van der Waals surface area contributed by atoms with Gasteiger partial charge in [0.25, 0.3) is 0 Å². The fourth-order valence-electron chi connectivity index (χ4n) is 0.788. The molecular weight excluding hydrogens is 176 g/mol. The van der Waals surface area contributed by atoms with Gasteiger partial charge in [-0.05, 0) is 13.8 Å². The van der Waals surface area contributed by atoms with E-state index in [1.54, 1.807) is 0 Å². The lowest BCUT2D eigenvalue weighted by molar-refractivity contribution is -0.150. The molecule has 0 fully saturated rings. The Hall–Kier alpha value is -0.0600. The van der Waals surface area contributed by atoms with Crippen molar-refractivity contribution in [2.75, 3.05) is 19.0 Å². The minimum Gasteiger partial charge on any atom is -0.352 e. The number of hydrogen-bond donors (Lipinski definition) is 1. The third kappa shape index (κ3) is 5.57. The van der Waals surface area contributed by atoms with E-state index in [0.717, 1.165) is 0 Å². The molecule has 0 spiro atoms. The van der Waals surface area contributed by atoms with Crippen molar-refractivity contribution in [3.63, 3.8) is 0 Å². The standard InChI is InChI=1S/C8H16O3S/c1-3-10-8(11-4-2)5-7(9)6-12/h8,12H,3-6H2,1-2H3. The van der Waals surface area contributed by atoms with Gasteiger partial charge >= 0.3 is 0 Å². The van der Waals surface area contributed by atoms with E-state index in [0.29, 0.717) is 19.6 Å². The van der Waals surface area contributed by atoms with Crippen LogP contribution < -0.4 is 0 Å². The molecular formula is C8H16O3S. The molecule has 0 saturated heterocycles. The highest BCUT2D eigenvalue weighted by Gasteiger charge is 2.11. The van der Waals surface area contributed by atoms with Crippen molar-refractivity contribution in [1.82, 2.24) is 0 Å². The molecule has 3 nitrogen and oxygen atoms in total. The van der Waals surface area contributed by atoms with E-state index >= 15 is 0 Å². The molecule has 0 bridgehead atoms. The van der Waals surface area contributed by atoms with Gasteiger partial charge in [0.2, 0.25) is 0 Å². The lowest BCUT2D eigenvalue weighted by Crippen LogP contribution is -2.21. The van der Waals surface area contributed by atoms with Crippen LogP contribution in [0.3, 0.4) is 0 Å². The van der Waals surface area contributed by atoms with Gasteiger partial charge in [0.1, 0.15) is 5.78 Å². The number of rotatable bonds is 7. The molecule has 0 N–H and O–H groups in total. The van der Waals surface area contributed by atoms with Crippen molar-refractivity contribution < 1.29 is 14.3 Å². The van der Waals surface area contributed by atoms with E-state index in [1.165, 1.54) is 0 Å². The Bertz CT molecular complexity index is 121. The first-order valence-corrected chi connectivity index (χ1v) is 4.73. The lowest BCUT2D eigenvalue weighted by Gasteiger charge is -2.15. The van der Waals surface area contributed by atoms with E-state index in [4.69, 9.17) is 9.47 Å². The highest BCUT2D eigenvalue weighted by Crippen LogP contribution is 2.02. The number of ether oxygens (including phenoxy) is 2. The summed E-state index contributed by atoms with van der Waals surface area (Å²) in [7, 11) is 0. The summed E-state index contributed by atoms with van der Waals surface area (Å²) in [6, 6.07) is 0. The smallest absolute Gasteiger partial charge is 0.164 e. The second-order valence-electron chi connectivity index (χ2n) is 2.24. The van der Waals surface area contributed by atoms with Crippen LogP contribution in [-0.4, -0.2) is 31.0 Å². The first kappa shape index (κ1) is 11.9. The van der Waals surface area contributed by atoms with Gasteiger partial charge in [-0.15, -0.1) is 0 Å². The van der Waals surface area contributed by atoms with Gasteiger partial charge in [0.05, 0.1) is 6.42 Å². The largest absolute Gasteiger partial charge is 0.352 e. The number of Topliss-reactive ketones (excluding diaryl/α,β-unsaturated/α-hetero) is 1. The maximum atomic E-state index is 10.9. The zero-order valence-electron chi connectivity index (χ0n) is 7.58. The summed E-state index contributed by atoms with van der Waals surface area (Å²) in [5.74, 6) is 0.293. The van der Waals surface area contributed by atoms with Gasteiger partial charge in [-0.1, -0.05) is 0 Å². The Labute approximate surface area is 78.8 Å². The van der Waals surface area contributed by atoms with Crippen molar-refractivity contribution in [3.8, 4) is 0 Å². The predicted octanol–water partition coefficient (Wildman–Crippen LogP) is 1.27. The molecule has 0 aliphatic carbocycles. The highest BCUT2D eigenvalue weighted by atomic mass is 32.1. The van der Waals surface area contributed by atoms with E-state index in [2.05, 4.69) is 12.6 Å². The molecule has 0 radical (unpaired) electrons. The summed E-state index contributed by atoms with van der Waals surface area (Å²) >= 11 is 3.87. The van der Waals surface area contributed by atoms with Gasteiger partial charge in [0, 0.05) is 19.0 Å². The van der Waals surface area contributed by atoms with Crippen LogP contribution in [0.4, 0.5) is 0 Å². The summed E-state index contributed by atoms with van der Waals surface area (Å²) in [4.78, 5) is 10.9. The Morgan fingerprint density at radius 1 is 1.33 bits per heavy atom. The second kappa shape index (κ2) is 7.58. The maximum Gasteiger partial charge on any atom is 0.164 e. The Morgan fingerprint density at radius 3 is 2.17 bits per heavy atom. The molecule has 0 aliphatic rings. The molecule has 0 heterocycles. The molecule has 0 atom stereocenters. The van der Waals surface area contributed by atoms with Crippen LogP contribution in [0.2, 0.25) is 0 Å². The van der Waals surface area contributed by atoms with Gasteiger partial charge in [-0.2, -0.15) is 12.6 Å². The van der Waals surface area contributed by atoms with Crippen molar-refractivity contribution in [3.05, 3.63) is 0 Å². The monoisotopic (exact) mass is 192 g/mol. The minimum atomic E-state index is -0.389. The second-order valence-corrected chi connectivity index (χ2v) is 2.56. The van der Waals surface area contributed by atoms with Gasteiger partial charge in [-0.3, -0.25) is 4.79 Å². The van der Waals surface area contributed by atoms with E-state index < -0.39 is 0 Å². The number of ketones is 1. The highest BCUT2D eigenvalue weighted by molar-refractivity contribution is 7.81. The average molecular weight is 192 g/mol. The fourth-order valence-corrected chi connectivity index (χ4v) is 0.917. The molecule has 0 aromatic carbocycles. The first-order chi connectivity index (χ1) is 5.74. The van der Waals surface area contributed by atoms with Crippen LogP contribution in [0, 0.1) is 0 Å². The van der Waals surface area contributed by atoms with Gasteiger partial charge in [0.15, 0.2) is 6.29 Å². The molecule has 0 rings (SSSR count). The van der Waals surface area contributed by atoms with Crippen LogP contribution in [0.5, 0.6) is 0 Å². The Balaban J connectivity index is 3.68. The average Bonchev–Trinajstić information content (AvgIpc) is 2.05. The summed E-state index contributed by atoms with van der Waals surface area (Å²) < 4.78 is 10.4. The Kier molecular flexibility index (Phi) is 7.54. The molecule has 4 heteroatoms. The predicted molar refractivity (Wildman–Crippen MR) is 50.5 cm³/mol. The molecule has 0 aromatic heterocycles. The van der Waals surface area contributed by atoms with E-state index in [1.807, 2.05) is 13.8 Å². The maximum absolute atomic E-state index is 10.9. The van der Waals surface area contributed by atoms with Crippen LogP contribution in [0.25, 0.3) is 0 Å². The van der Waals surface area contributed by atoms with E-state index in [9.17, 15) is 4.79 Å². The topological polar surface area (TPSA) is 35.5 Å². The zero-order valence-corrected chi connectivity index (χ0v) is 8.47. The summed E-state index contributed by atoms with van der Waals surface area (Å²) in [5, 5.41) is 0. The number of carbonyl (C=O) groups is 1. The van der Waals surface area contributed by atoms with Crippen LogP contribution in [0.1, 0.15) is 20.3 Å². The summed E-state index contributed by atoms with van der Waals surface area (Å²) in [6.45, 7) is 4.86. The van der Waals surface area contributed by atoms with E-state index in [-0.39, 0.29) is 17.8 Å². The molecule has 72 valence electrons. The SMILES string of the molecule is CCOC(CC(=O)CS)OCC. The molecule has 0 aromatic rings. The number of thiol groups is 1. The third-order valence-electron chi connectivity index (χ3n) is 1.28. The minimum absolute atomic E-state index is 0.0465. The van der Waals surface area contributed by atoms with Crippen molar-refractivity contribution in [1.29, 1.82) is 0 Å². The molecule has 0 unspecified atom stereocenters. The molecule has 0 amide bonds. The first-order valence-electron chi connectivity index (χ1n) is 4.10. The van der Waals surface area contributed by atoms with Crippen molar-refractivity contribution >= 4 is 18.4 Å². The van der Waals surface area contributed by atoms with Gasteiger partial charge < -0.3 is 9.47 Å². The van der Waals surface area contributed by atoms with Crippen LogP contribution >= 0.6 is 12.6 Å². The van der Waals surface area contributed by atoms with Gasteiger partial charge in [-0.25, -0.2) is 0 Å². The third-order valence-corrected chi connectivity index (χ3v) is 1.63. The quantitative estimate of drug-likeness (QED) is 0.487. The van der Waals surface area contributed by atoms with Crippen LogP contribution in [0.15, 0.2) is 0 Å². The molecule has 12 heavy (non-hydrogen) atoms. The summed E-state index contributed by atoms with van der Waals surface area (Å²) in [5.41, 5.74) is 0. The van der Waals surface area contributed by atoms with Crippen molar-refractivity contribution in [2.45, 2.75) is 26.6 Å². The number of hydrogen-bond acceptors (Lipinski definition) is 4. The summed E-state index contributed by atoms with van der Waals surface area (Å²) in [6.07, 6.45) is -0.0924. The zero-order chi connectivity index (χ0) is 9.40. The van der Waals surface area contributed by atoms with Crippen molar-refractivity contribution in [2.24, 2.45) is 0 Å². The van der Waals surface area contributed by atoms with Crippen LogP contribution in [-0.2, 0) is 14.3 Å².